The molecule has 0 aliphatic rings. The number of aromatic nitrogens is 2. The van der Waals surface area contributed by atoms with Crippen molar-refractivity contribution in [1.82, 2.24) is 15.3 Å². The van der Waals surface area contributed by atoms with Gasteiger partial charge in [-0.1, -0.05) is 6.07 Å². The smallest absolute Gasteiger partial charge is 0.251 e. The number of amides is 1. The zero-order valence-electron chi connectivity index (χ0n) is 13.3. The van der Waals surface area contributed by atoms with E-state index in [1.807, 2.05) is 32.0 Å². The topological polar surface area (TPSA) is 67.3 Å². The highest BCUT2D eigenvalue weighted by molar-refractivity contribution is 5.94. The molecule has 1 aromatic carbocycles. The fourth-order valence-electron chi connectivity index (χ4n) is 1.95. The Labute approximate surface area is 130 Å². The van der Waals surface area contributed by atoms with Crippen LogP contribution in [-0.2, 0) is 6.54 Å². The van der Waals surface area contributed by atoms with Crippen LogP contribution in [0.2, 0.25) is 0 Å². The molecule has 116 valence electrons. The van der Waals surface area contributed by atoms with Crippen molar-refractivity contribution in [3.63, 3.8) is 0 Å². The van der Waals surface area contributed by atoms with Crippen molar-refractivity contribution < 1.29 is 9.53 Å². The van der Waals surface area contributed by atoms with Crippen LogP contribution in [0.3, 0.4) is 0 Å². The average molecular weight is 300 g/mol. The quantitative estimate of drug-likeness (QED) is 0.912. The van der Waals surface area contributed by atoms with E-state index in [-0.39, 0.29) is 12.5 Å². The minimum absolute atomic E-state index is 0.185. The first-order chi connectivity index (χ1) is 10.5. The van der Waals surface area contributed by atoms with Crippen LogP contribution in [0.4, 0.5) is 5.82 Å². The van der Waals surface area contributed by atoms with Crippen LogP contribution in [0.25, 0.3) is 0 Å². The molecule has 0 aliphatic heterocycles. The summed E-state index contributed by atoms with van der Waals surface area (Å²) in [6, 6.07) is 8.90. The molecule has 0 unspecified atom stereocenters. The minimum atomic E-state index is -0.185. The van der Waals surface area contributed by atoms with Crippen LogP contribution in [-0.4, -0.2) is 37.1 Å². The Hall–Kier alpha value is -2.63. The molecular weight excluding hydrogens is 280 g/mol. The molecule has 0 aliphatic carbocycles. The van der Waals surface area contributed by atoms with Gasteiger partial charge < -0.3 is 15.0 Å². The molecule has 0 radical (unpaired) electrons. The Bertz CT molecular complexity index is 671. The maximum absolute atomic E-state index is 12.2. The molecule has 1 aromatic heterocycles. The number of nitrogens with one attached hydrogen (secondary N) is 1. The molecule has 6 nitrogen and oxygen atoms in total. The molecule has 2 rings (SSSR count). The largest absolute Gasteiger partial charge is 0.497 e. The molecule has 1 N–H and O–H groups in total. The SMILES string of the molecule is COc1cccc(C(=O)NCc2nc(C)cc(N(C)C)n2)c1. The highest BCUT2D eigenvalue weighted by atomic mass is 16.5. The van der Waals surface area contributed by atoms with Gasteiger partial charge in [-0.25, -0.2) is 9.97 Å². The minimum Gasteiger partial charge on any atom is -0.497 e. The third-order valence-corrected chi connectivity index (χ3v) is 3.08. The van der Waals surface area contributed by atoms with Crippen molar-refractivity contribution >= 4 is 11.7 Å². The third-order valence-electron chi connectivity index (χ3n) is 3.08. The normalized spacial score (nSPS) is 10.2. The summed E-state index contributed by atoms with van der Waals surface area (Å²) in [6.07, 6.45) is 0. The number of rotatable bonds is 5. The van der Waals surface area contributed by atoms with Gasteiger partial charge >= 0.3 is 0 Å². The van der Waals surface area contributed by atoms with Gasteiger partial charge in [0.1, 0.15) is 17.4 Å². The van der Waals surface area contributed by atoms with E-state index in [1.54, 1.807) is 31.4 Å². The number of hydrogen-bond donors (Lipinski definition) is 1. The third kappa shape index (κ3) is 3.94. The Morgan fingerprint density at radius 3 is 2.73 bits per heavy atom. The van der Waals surface area contributed by atoms with Crippen LogP contribution < -0.4 is 15.0 Å². The summed E-state index contributed by atoms with van der Waals surface area (Å²) in [6.45, 7) is 2.18. The maximum Gasteiger partial charge on any atom is 0.251 e. The van der Waals surface area contributed by atoms with Crippen molar-refractivity contribution in [1.29, 1.82) is 0 Å². The van der Waals surface area contributed by atoms with Gasteiger partial charge in [0.15, 0.2) is 0 Å². The number of aryl methyl sites for hydroxylation is 1. The van der Waals surface area contributed by atoms with E-state index in [0.717, 1.165) is 11.5 Å². The van der Waals surface area contributed by atoms with E-state index in [1.165, 1.54) is 0 Å². The number of hydrogen-bond acceptors (Lipinski definition) is 5. The van der Waals surface area contributed by atoms with Gasteiger partial charge in [-0.15, -0.1) is 0 Å². The molecule has 2 aromatic rings. The maximum atomic E-state index is 12.2. The summed E-state index contributed by atoms with van der Waals surface area (Å²) in [4.78, 5) is 22.8. The molecule has 1 amide bonds. The molecular formula is C16H20N4O2. The number of carbonyl (C=O) groups excluding carboxylic acids is 1. The monoisotopic (exact) mass is 300 g/mol. The van der Waals surface area contributed by atoms with Crippen LogP contribution >= 0.6 is 0 Å². The first-order valence-corrected chi connectivity index (χ1v) is 6.93. The lowest BCUT2D eigenvalue weighted by atomic mass is 10.2. The highest BCUT2D eigenvalue weighted by Gasteiger charge is 2.09. The zero-order valence-corrected chi connectivity index (χ0v) is 13.3. The second-order valence-electron chi connectivity index (χ2n) is 5.09. The van der Waals surface area contributed by atoms with Gasteiger partial charge in [0.2, 0.25) is 0 Å². The molecule has 0 atom stereocenters. The van der Waals surface area contributed by atoms with Gasteiger partial charge in [0.05, 0.1) is 13.7 Å². The number of carbonyl (C=O) groups is 1. The summed E-state index contributed by atoms with van der Waals surface area (Å²) >= 11 is 0. The summed E-state index contributed by atoms with van der Waals surface area (Å²) in [5, 5.41) is 2.82. The summed E-state index contributed by atoms with van der Waals surface area (Å²) < 4.78 is 5.12. The predicted molar refractivity (Wildman–Crippen MR) is 85.3 cm³/mol. The van der Waals surface area contributed by atoms with Gasteiger partial charge in [-0.3, -0.25) is 4.79 Å². The molecule has 0 bridgehead atoms. The standard InChI is InChI=1S/C16H20N4O2/c1-11-8-15(20(2)3)19-14(18-11)10-17-16(21)12-6-5-7-13(9-12)22-4/h5-9H,10H2,1-4H3,(H,17,21). The van der Waals surface area contributed by atoms with Crippen molar-refractivity contribution in [3.05, 3.63) is 47.4 Å². The molecule has 1 heterocycles. The summed E-state index contributed by atoms with van der Waals surface area (Å²) in [5.41, 5.74) is 1.41. The van der Waals surface area contributed by atoms with Crippen LogP contribution in [0.5, 0.6) is 5.75 Å². The van der Waals surface area contributed by atoms with Crippen LogP contribution in [0.1, 0.15) is 21.9 Å². The molecule has 0 saturated carbocycles. The lowest BCUT2D eigenvalue weighted by Gasteiger charge is -2.13. The van der Waals surface area contributed by atoms with E-state index in [9.17, 15) is 4.79 Å². The predicted octanol–water partition coefficient (Wildman–Crippen LogP) is 1.79. The van der Waals surface area contributed by atoms with Gasteiger partial charge in [0, 0.05) is 31.4 Å². The van der Waals surface area contributed by atoms with E-state index < -0.39 is 0 Å². The van der Waals surface area contributed by atoms with Crippen LogP contribution in [0.15, 0.2) is 30.3 Å². The van der Waals surface area contributed by atoms with Gasteiger partial charge in [0.25, 0.3) is 5.91 Å². The van der Waals surface area contributed by atoms with E-state index in [4.69, 9.17) is 4.74 Å². The number of ether oxygens (including phenoxy) is 1. The van der Waals surface area contributed by atoms with Crippen molar-refractivity contribution in [2.75, 3.05) is 26.1 Å². The summed E-state index contributed by atoms with van der Waals surface area (Å²) in [7, 11) is 5.40. The molecule has 22 heavy (non-hydrogen) atoms. The Balaban J connectivity index is 2.07. The second-order valence-corrected chi connectivity index (χ2v) is 5.09. The molecule has 0 spiro atoms. The molecule has 6 heteroatoms. The second kappa shape index (κ2) is 6.89. The van der Waals surface area contributed by atoms with Crippen molar-refractivity contribution in [2.24, 2.45) is 0 Å². The highest BCUT2D eigenvalue weighted by Crippen LogP contribution is 2.13. The van der Waals surface area contributed by atoms with Crippen molar-refractivity contribution in [3.8, 4) is 5.75 Å². The Morgan fingerprint density at radius 1 is 1.27 bits per heavy atom. The number of nitrogens with zero attached hydrogens (tertiary/aromatic N) is 3. The van der Waals surface area contributed by atoms with Gasteiger partial charge in [-0.2, -0.15) is 0 Å². The number of benzene rings is 1. The van der Waals surface area contributed by atoms with Crippen molar-refractivity contribution in [2.45, 2.75) is 13.5 Å². The Morgan fingerprint density at radius 2 is 2.05 bits per heavy atom. The zero-order chi connectivity index (χ0) is 16.1. The lowest BCUT2D eigenvalue weighted by Crippen LogP contribution is -2.24. The fraction of sp³-hybridized carbons (Fsp3) is 0.312. The van der Waals surface area contributed by atoms with E-state index in [0.29, 0.717) is 17.1 Å². The fourth-order valence-corrected chi connectivity index (χ4v) is 1.95. The number of anilines is 1. The van der Waals surface area contributed by atoms with E-state index in [2.05, 4.69) is 15.3 Å². The first-order valence-electron chi connectivity index (χ1n) is 6.93. The Kier molecular flexibility index (Phi) is 4.93. The number of methoxy groups -OCH3 is 1. The van der Waals surface area contributed by atoms with Crippen LogP contribution in [0, 0.1) is 6.92 Å². The first kappa shape index (κ1) is 15.8. The summed E-state index contributed by atoms with van der Waals surface area (Å²) in [5.74, 6) is 1.86. The lowest BCUT2D eigenvalue weighted by molar-refractivity contribution is 0.0949. The molecule has 0 fully saturated rings. The van der Waals surface area contributed by atoms with Gasteiger partial charge in [-0.05, 0) is 25.1 Å². The van der Waals surface area contributed by atoms with E-state index >= 15 is 0 Å². The average Bonchev–Trinajstić information content (AvgIpc) is 2.52. The molecule has 0 saturated heterocycles.